The van der Waals surface area contributed by atoms with Crippen LogP contribution in [0.1, 0.15) is 22.1 Å². The van der Waals surface area contributed by atoms with Crippen LogP contribution >= 0.6 is 11.8 Å². The second kappa shape index (κ2) is 5.14. The van der Waals surface area contributed by atoms with Crippen molar-refractivity contribution in [3.05, 3.63) is 53.3 Å². The highest BCUT2D eigenvalue weighted by molar-refractivity contribution is 8.00. The Morgan fingerprint density at radius 1 is 1.27 bits per heavy atom. The molecular formula is C16H14N4OS. The first-order valence-electron chi connectivity index (χ1n) is 7.04. The molecule has 3 aromatic rings. The normalized spacial score (nSPS) is 17.9. The van der Waals surface area contributed by atoms with Crippen molar-refractivity contribution in [2.75, 3.05) is 11.1 Å². The summed E-state index contributed by atoms with van der Waals surface area (Å²) in [6.45, 7) is 1.99. The summed E-state index contributed by atoms with van der Waals surface area (Å²) in [7, 11) is 0. The summed E-state index contributed by atoms with van der Waals surface area (Å²) in [5, 5.41) is 11.3. The van der Waals surface area contributed by atoms with Crippen molar-refractivity contribution in [2.45, 2.75) is 12.2 Å². The van der Waals surface area contributed by atoms with E-state index in [0.29, 0.717) is 11.6 Å². The average molecular weight is 310 g/mol. The number of benzene rings is 1. The molecule has 6 heteroatoms. The van der Waals surface area contributed by atoms with Gasteiger partial charge in [-0.3, -0.25) is 14.9 Å². The zero-order valence-electron chi connectivity index (χ0n) is 12.0. The Bertz CT molecular complexity index is 868. The maximum Gasteiger partial charge on any atom is 0.235 e. The number of rotatable bonds is 1. The van der Waals surface area contributed by atoms with Gasteiger partial charge in [0.1, 0.15) is 0 Å². The van der Waals surface area contributed by atoms with Gasteiger partial charge in [0.2, 0.25) is 5.91 Å². The number of carbonyl (C=O) groups is 1. The maximum absolute atomic E-state index is 11.9. The molecule has 1 atom stereocenters. The van der Waals surface area contributed by atoms with E-state index in [1.165, 1.54) is 0 Å². The molecule has 0 saturated carbocycles. The van der Waals surface area contributed by atoms with E-state index in [9.17, 15) is 4.79 Å². The second-order valence-electron chi connectivity index (χ2n) is 5.27. The molecule has 4 rings (SSSR count). The zero-order valence-corrected chi connectivity index (χ0v) is 12.8. The lowest BCUT2D eigenvalue weighted by Crippen LogP contribution is -2.12. The molecule has 0 bridgehead atoms. The van der Waals surface area contributed by atoms with Gasteiger partial charge in [-0.25, -0.2) is 0 Å². The van der Waals surface area contributed by atoms with Crippen molar-refractivity contribution >= 4 is 34.4 Å². The number of aromatic amines is 1. The molecule has 2 aromatic heterocycles. The number of H-pyrrole nitrogens is 1. The van der Waals surface area contributed by atoms with Gasteiger partial charge in [0.15, 0.2) is 5.82 Å². The van der Waals surface area contributed by atoms with Crippen molar-refractivity contribution in [2.24, 2.45) is 0 Å². The van der Waals surface area contributed by atoms with Crippen LogP contribution in [-0.4, -0.2) is 26.8 Å². The summed E-state index contributed by atoms with van der Waals surface area (Å²) >= 11 is 1.62. The van der Waals surface area contributed by atoms with E-state index in [1.807, 2.05) is 37.4 Å². The molecule has 5 nitrogen and oxygen atoms in total. The number of thioether (sulfide) groups is 1. The van der Waals surface area contributed by atoms with Crippen molar-refractivity contribution < 1.29 is 4.79 Å². The topological polar surface area (TPSA) is 70.7 Å². The third-order valence-electron chi connectivity index (χ3n) is 3.86. The summed E-state index contributed by atoms with van der Waals surface area (Å²) in [5.41, 5.74) is 4.16. The lowest BCUT2D eigenvalue weighted by atomic mass is 10.0. The van der Waals surface area contributed by atoms with E-state index in [0.717, 1.165) is 27.7 Å². The number of nitrogens with zero attached hydrogens (tertiary/aromatic N) is 2. The molecule has 1 aliphatic heterocycles. The SMILES string of the molecule is Cc1[nH]nc2c1[C@H](c1ccnc3ccccc13)SCC(=O)N2. The fraction of sp³-hybridized carbons (Fsp3) is 0.188. The Labute approximate surface area is 131 Å². The number of aryl methyl sites for hydroxylation is 1. The van der Waals surface area contributed by atoms with Gasteiger partial charge in [0.05, 0.1) is 16.5 Å². The Balaban J connectivity index is 1.94. The first-order chi connectivity index (χ1) is 10.7. The number of hydrogen-bond acceptors (Lipinski definition) is 4. The van der Waals surface area contributed by atoms with Crippen LogP contribution in [0.25, 0.3) is 10.9 Å². The Morgan fingerprint density at radius 2 is 2.14 bits per heavy atom. The number of fused-ring (bicyclic) bond motifs is 2. The number of para-hydroxylation sites is 1. The second-order valence-corrected chi connectivity index (χ2v) is 6.36. The standard InChI is InChI=1S/C16H14N4OS/c1-9-14-15(22-8-13(21)18-16(14)20-19-9)11-6-7-17-12-5-3-2-4-10(11)12/h2-7,15H,8H2,1H3,(H2,18,19,20,21)/t15-/m0/s1. The first-order valence-corrected chi connectivity index (χ1v) is 8.09. The molecule has 22 heavy (non-hydrogen) atoms. The van der Waals surface area contributed by atoms with Crippen LogP contribution < -0.4 is 5.32 Å². The highest BCUT2D eigenvalue weighted by Gasteiger charge is 2.29. The van der Waals surface area contributed by atoms with Crippen molar-refractivity contribution in [1.29, 1.82) is 0 Å². The largest absolute Gasteiger partial charge is 0.308 e. The number of hydrogen-bond donors (Lipinski definition) is 2. The fourth-order valence-corrected chi connectivity index (χ4v) is 4.09. The predicted molar refractivity (Wildman–Crippen MR) is 88.0 cm³/mol. The number of anilines is 1. The van der Waals surface area contributed by atoms with Crippen LogP contribution in [0.5, 0.6) is 0 Å². The molecule has 0 radical (unpaired) electrons. The molecule has 0 aliphatic carbocycles. The maximum atomic E-state index is 11.9. The monoisotopic (exact) mass is 310 g/mol. The minimum Gasteiger partial charge on any atom is -0.308 e. The third kappa shape index (κ3) is 2.07. The molecule has 0 fully saturated rings. The number of aromatic nitrogens is 3. The molecule has 0 spiro atoms. The third-order valence-corrected chi connectivity index (χ3v) is 5.11. The molecule has 1 amide bonds. The van der Waals surface area contributed by atoms with Crippen LogP contribution in [0.3, 0.4) is 0 Å². The van der Waals surface area contributed by atoms with Crippen LogP contribution in [0, 0.1) is 6.92 Å². The molecule has 0 unspecified atom stereocenters. The van der Waals surface area contributed by atoms with Crippen LogP contribution in [0.4, 0.5) is 5.82 Å². The smallest absolute Gasteiger partial charge is 0.235 e. The van der Waals surface area contributed by atoms with Gasteiger partial charge >= 0.3 is 0 Å². The van der Waals surface area contributed by atoms with Gasteiger partial charge < -0.3 is 5.32 Å². The number of amides is 1. The van der Waals surface area contributed by atoms with E-state index >= 15 is 0 Å². The van der Waals surface area contributed by atoms with Gasteiger partial charge in [0, 0.05) is 22.8 Å². The summed E-state index contributed by atoms with van der Waals surface area (Å²) in [6.07, 6.45) is 1.83. The molecule has 1 aromatic carbocycles. The van der Waals surface area contributed by atoms with E-state index < -0.39 is 0 Å². The Hall–Kier alpha value is -2.34. The van der Waals surface area contributed by atoms with Crippen molar-refractivity contribution in [3.8, 4) is 0 Å². The van der Waals surface area contributed by atoms with E-state index in [-0.39, 0.29) is 11.2 Å². The van der Waals surface area contributed by atoms with Gasteiger partial charge in [-0.05, 0) is 24.6 Å². The lowest BCUT2D eigenvalue weighted by molar-refractivity contribution is -0.113. The highest BCUT2D eigenvalue weighted by atomic mass is 32.2. The van der Waals surface area contributed by atoms with E-state index in [4.69, 9.17) is 0 Å². The molecule has 3 heterocycles. The van der Waals surface area contributed by atoms with Gasteiger partial charge in [-0.2, -0.15) is 5.10 Å². The minimum atomic E-state index is -0.0152. The van der Waals surface area contributed by atoms with Crippen LogP contribution in [0.15, 0.2) is 36.5 Å². The molecule has 1 aliphatic rings. The van der Waals surface area contributed by atoms with Crippen molar-refractivity contribution in [3.63, 3.8) is 0 Å². The molecular weight excluding hydrogens is 296 g/mol. The number of nitrogens with one attached hydrogen (secondary N) is 2. The summed E-state index contributed by atoms with van der Waals surface area (Å²) in [4.78, 5) is 16.3. The van der Waals surface area contributed by atoms with Gasteiger partial charge in [-0.1, -0.05) is 18.2 Å². The molecule has 2 N–H and O–H groups in total. The molecule has 0 saturated heterocycles. The molecule has 110 valence electrons. The summed E-state index contributed by atoms with van der Waals surface area (Å²) in [5.74, 6) is 1.04. The highest BCUT2D eigenvalue weighted by Crippen LogP contribution is 2.43. The minimum absolute atomic E-state index is 0.0152. The van der Waals surface area contributed by atoms with E-state index in [2.05, 4.69) is 26.6 Å². The van der Waals surface area contributed by atoms with Crippen molar-refractivity contribution in [1.82, 2.24) is 15.2 Å². The van der Waals surface area contributed by atoms with Crippen LogP contribution in [-0.2, 0) is 4.79 Å². The summed E-state index contributed by atoms with van der Waals surface area (Å²) < 4.78 is 0. The van der Waals surface area contributed by atoms with Crippen LogP contribution in [0.2, 0.25) is 0 Å². The quantitative estimate of drug-likeness (QED) is 0.725. The Kier molecular flexibility index (Phi) is 3.11. The van der Waals surface area contributed by atoms with E-state index in [1.54, 1.807) is 11.8 Å². The Morgan fingerprint density at radius 3 is 3.05 bits per heavy atom. The lowest BCUT2D eigenvalue weighted by Gasteiger charge is -2.17. The predicted octanol–water partition coefficient (Wildman–Crippen LogP) is 3.04. The fourth-order valence-electron chi connectivity index (χ4n) is 2.86. The van der Waals surface area contributed by atoms with Gasteiger partial charge in [0.25, 0.3) is 0 Å². The first kappa shape index (κ1) is 13.3. The van der Waals surface area contributed by atoms with Gasteiger partial charge in [-0.15, -0.1) is 11.8 Å². The average Bonchev–Trinajstić information content (AvgIpc) is 2.79. The summed E-state index contributed by atoms with van der Waals surface area (Å²) in [6, 6.07) is 10.1. The number of carbonyl (C=O) groups excluding carboxylic acids is 1. The number of pyridine rings is 1. The zero-order chi connectivity index (χ0) is 15.1.